The number of fused-ring (bicyclic) bond motifs is 1. The van der Waals surface area contributed by atoms with Gasteiger partial charge in [0.2, 0.25) is 15.3 Å². The van der Waals surface area contributed by atoms with Gasteiger partial charge in [-0.3, -0.25) is 0 Å². The third-order valence-corrected chi connectivity index (χ3v) is 6.38. The Kier molecular flexibility index (Phi) is 4.96. The van der Waals surface area contributed by atoms with E-state index in [0.29, 0.717) is 37.8 Å². The Morgan fingerprint density at radius 1 is 1.00 bits per heavy atom. The quantitative estimate of drug-likeness (QED) is 0.673. The molecule has 1 saturated heterocycles. The highest BCUT2D eigenvalue weighted by atomic mass is 35.5. The SMILES string of the molecule is O=S(=O)(c1ccc(Nc2nc(Cl)nc3ccccc23)cc1)N1CCOCC1. The van der Waals surface area contributed by atoms with Crippen LogP contribution >= 0.6 is 11.6 Å². The summed E-state index contributed by atoms with van der Waals surface area (Å²) >= 11 is 6.00. The first-order valence-corrected chi connectivity index (χ1v) is 10.2. The number of halogens is 1. The summed E-state index contributed by atoms with van der Waals surface area (Å²) in [4.78, 5) is 8.69. The smallest absolute Gasteiger partial charge is 0.243 e. The molecule has 1 N–H and O–H groups in total. The highest BCUT2D eigenvalue weighted by molar-refractivity contribution is 7.89. The Morgan fingerprint density at radius 2 is 1.70 bits per heavy atom. The van der Waals surface area contributed by atoms with E-state index in [-0.39, 0.29) is 10.2 Å². The highest BCUT2D eigenvalue weighted by Gasteiger charge is 2.26. The molecule has 0 amide bonds. The van der Waals surface area contributed by atoms with Gasteiger partial charge in [0, 0.05) is 24.2 Å². The predicted molar refractivity (Wildman–Crippen MR) is 104 cm³/mol. The molecular formula is C18H17ClN4O3S. The second-order valence-corrected chi connectivity index (χ2v) is 8.30. The zero-order valence-electron chi connectivity index (χ0n) is 14.3. The standard InChI is InChI=1S/C18H17ClN4O3S/c19-18-21-16-4-2-1-3-15(16)17(22-18)20-13-5-7-14(8-6-13)27(24,25)23-9-11-26-12-10-23/h1-8H,9-12H2,(H,20,21,22). The number of nitrogens with zero attached hydrogens (tertiary/aromatic N) is 3. The molecule has 2 aromatic carbocycles. The summed E-state index contributed by atoms with van der Waals surface area (Å²) in [5.41, 5.74) is 1.43. The zero-order valence-corrected chi connectivity index (χ0v) is 15.9. The second-order valence-electron chi connectivity index (χ2n) is 6.02. The van der Waals surface area contributed by atoms with Crippen molar-refractivity contribution in [1.82, 2.24) is 14.3 Å². The molecule has 0 unspecified atom stereocenters. The summed E-state index contributed by atoms with van der Waals surface area (Å²) in [6, 6.07) is 14.1. The van der Waals surface area contributed by atoms with Crippen molar-refractivity contribution < 1.29 is 13.2 Å². The molecule has 2 heterocycles. The molecule has 1 aliphatic rings. The van der Waals surface area contributed by atoms with E-state index in [1.54, 1.807) is 24.3 Å². The van der Waals surface area contributed by atoms with Crippen molar-refractivity contribution in [3.63, 3.8) is 0 Å². The molecule has 27 heavy (non-hydrogen) atoms. The minimum Gasteiger partial charge on any atom is -0.379 e. The van der Waals surface area contributed by atoms with Gasteiger partial charge in [-0.1, -0.05) is 12.1 Å². The van der Waals surface area contributed by atoms with Gasteiger partial charge >= 0.3 is 0 Å². The Labute approximate surface area is 162 Å². The van der Waals surface area contributed by atoms with Crippen LogP contribution in [0.1, 0.15) is 0 Å². The Balaban J connectivity index is 1.60. The van der Waals surface area contributed by atoms with E-state index < -0.39 is 10.0 Å². The molecule has 1 aromatic heterocycles. The van der Waals surface area contributed by atoms with E-state index >= 15 is 0 Å². The summed E-state index contributed by atoms with van der Waals surface area (Å²) in [5, 5.41) is 4.15. The molecule has 4 rings (SSSR count). The topological polar surface area (TPSA) is 84.4 Å². The van der Waals surface area contributed by atoms with Crippen LogP contribution in [0.25, 0.3) is 10.9 Å². The Hall–Kier alpha value is -2.26. The van der Waals surface area contributed by atoms with Crippen molar-refractivity contribution in [2.24, 2.45) is 0 Å². The van der Waals surface area contributed by atoms with Crippen molar-refractivity contribution >= 4 is 44.0 Å². The molecule has 0 bridgehead atoms. The van der Waals surface area contributed by atoms with Gasteiger partial charge in [-0.2, -0.15) is 9.29 Å². The number of sulfonamides is 1. The van der Waals surface area contributed by atoms with Gasteiger partial charge in [0.15, 0.2) is 0 Å². The largest absolute Gasteiger partial charge is 0.379 e. The molecule has 140 valence electrons. The fourth-order valence-electron chi connectivity index (χ4n) is 2.93. The number of ether oxygens (including phenoxy) is 1. The lowest BCUT2D eigenvalue weighted by Crippen LogP contribution is -2.40. The molecule has 0 radical (unpaired) electrons. The number of anilines is 2. The van der Waals surface area contributed by atoms with Crippen molar-refractivity contribution in [2.75, 3.05) is 31.6 Å². The molecule has 1 fully saturated rings. The van der Waals surface area contributed by atoms with Crippen molar-refractivity contribution in [1.29, 1.82) is 0 Å². The minimum absolute atomic E-state index is 0.141. The van der Waals surface area contributed by atoms with Crippen LogP contribution in [0.3, 0.4) is 0 Å². The third-order valence-electron chi connectivity index (χ3n) is 4.30. The third kappa shape index (κ3) is 3.74. The number of nitrogens with one attached hydrogen (secondary N) is 1. The average molecular weight is 405 g/mol. The second kappa shape index (κ2) is 7.40. The lowest BCUT2D eigenvalue weighted by molar-refractivity contribution is 0.0730. The van der Waals surface area contributed by atoms with E-state index in [0.717, 1.165) is 10.9 Å². The first kappa shape index (κ1) is 18.1. The van der Waals surface area contributed by atoms with Crippen LogP contribution in [0, 0.1) is 0 Å². The number of rotatable bonds is 4. The van der Waals surface area contributed by atoms with Crippen LogP contribution in [0.2, 0.25) is 5.28 Å². The summed E-state index contributed by atoms with van der Waals surface area (Å²) in [6.07, 6.45) is 0. The lowest BCUT2D eigenvalue weighted by Gasteiger charge is -2.26. The van der Waals surface area contributed by atoms with E-state index in [4.69, 9.17) is 16.3 Å². The van der Waals surface area contributed by atoms with Crippen molar-refractivity contribution in [2.45, 2.75) is 4.90 Å². The van der Waals surface area contributed by atoms with Crippen LogP contribution in [-0.2, 0) is 14.8 Å². The molecule has 0 atom stereocenters. The first-order chi connectivity index (χ1) is 13.0. The number of benzene rings is 2. The van der Waals surface area contributed by atoms with Crippen LogP contribution in [-0.4, -0.2) is 49.0 Å². The van der Waals surface area contributed by atoms with E-state index in [9.17, 15) is 8.42 Å². The minimum atomic E-state index is -3.51. The van der Waals surface area contributed by atoms with Crippen molar-refractivity contribution in [3.05, 3.63) is 53.8 Å². The molecule has 1 aliphatic heterocycles. The molecular weight excluding hydrogens is 388 g/mol. The number of hydrogen-bond donors (Lipinski definition) is 1. The van der Waals surface area contributed by atoms with E-state index in [1.807, 2.05) is 24.3 Å². The molecule has 7 nitrogen and oxygen atoms in total. The molecule has 0 spiro atoms. The Bertz CT molecular complexity index is 1070. The maximum atomic E-state index is 12.7. The lowest BCUT2D eigenvalue weighted by atomic mass is 10.2. The maximum Gasteiger partial charge on any atom is 0.243 e. The normalized spacial score (nSPS) is 15.7. The summed E-state index contributed by atoms with van der Waals surface area (Å²) in [6.45, 7) is 1.57. The zero-order chi connectivity index (χ0) is 18.9. The first-order valence-electron chi connectivity index (χ1n) is 8.41. The maximum absolute atomic E-state index is 12.7. The highest BCUT2D eigenvalue weighted by Crippen LogP contribution is 2.26. The van der Waals surface area contributed by atoms with E-state index in [1.165, 1.54) is 4.31 Å². The van der Waals surface area contributed by atoms with Crippen molar-refractivity contribution in [3.8, 4) is 0 Å². The monoisotopic (exact) mass is 404 g/mol. The van der Waals surface area contributed by atoms with Crippen LogP contribution < -0.4 is 5.32 Å². The Morgan fingerprint density at radius 3 is 2.44 bits per heavy atom. The number of aromatic nitrogens is 2. The molecule has 9 heteroatoms. The molecule has 0 aliphatic carbocycles. The fraction of sp³-hybridized carbons (Fsp3) is 0.222. The number of para-hydroxylation sites is 1. The van der Waals surface area contributed by atoms with Crippen LogP contribution in [0.4, 0.5) is 11.5 Å². The number of morpholine rings is 1. The van der Waals surface area contributed by atoms with Gasteiger partial charge in [-0.15, -0.1) is 0 Å². The van der Waals surface area contributed by atoms with Gasteiger partial charge in [0.1, 0.15) is 5.82 Å². The van der Waals surface area contributed by atoms with E-state index in [2.05, 4.69) is 15.3 Å². The summed E-state index contributed by atoms with van der Waals surface area (Å²) in [5.74, 6) is 0.564. The van der Waals surface area contributed by atoms with Gasteiger partial charge in [-0.25, -0.2) is 13.4 Å². The van der Waals surface area contributed by atoms with Gasteiger partial charge in [0.05, 0.1) is 23.6 Å². The van der Waals surface area contributed by atoms with Crippen LogP contribution in [0.5, 0.6) is 0 Å². The average Bonchev–Trinajstić information content (AvgIpc) is 2.69. The summed E-state index contributed by atoms with van der Waals surface area (Å²) in [7, 11) is -3.51. The molecule has 0 saturated carbocycles. The molecule has 3 aromatic rings. The van der Waals surface area contributed by atoms with Gasteiger partial charge < -0.3 is 10.1 Å². The van der Waals surface area contributed by atoms with Gasteiger partial charge in [-0.05, 0) is 48.0 Å². The predicted octanol–water partition coefficient (Wildman–Crippen LogP) is 3.05. The van der Waals surface area contributed by atoms with Crippen LogP contribution in [0.15, 0.2) is 53.4 Å². The van der Waals surface area contributed by atoms with Gasteiger partial charge in [0.25, 0.3) is 0 Å². The fourth-order valence-corrected chi connectivity index (χ4v) is 4.51. The summed E-state index contributed by atoms with van der Waals surface area (Å²) < 4.78 is 32.0. The number of hydrogen-bond acceptors (Lipinski definition) is 6.